The largest absolute Gasteiger partial charge is 0.486 e. The van der Waals surface area contributed by atoms with E-state index in [-0.39, 0.29) is 18.2 Å². The van der Waals surface area contributed by atoms with E-state index >= 15 is 0 Å². The molecule has 1 aromatic heterocycles. The summed E-state index contributed by atoms with van der Waals surface area (Å²) in [7, 11) is 0. The Kier molecular flexibility index (Phi) is 11.2. The lowest BCUT2D eigenvalue weighted by molar-refractivity contribution is -0.121. The number of benzene rings is 1. The highest BCUT2D eigenvalue weighted by Crippen LogP contribution is 2.60. The first-order valence-electron chi connectivity index (χ1n) is 15.8. The Labute approximate surface area is 249 Å². The molecule has 6 rings (SSSR count). The van der Waals surface area contributed by atoms with Crippen LogP contribution in [0.25, 0.3) is 0 Å². The predicted octanol–water partition coefficient (Wildman–Crippen LogP) is 4.75. The molecule has 0 unspecified atom stereocenters. The van der Waals surface area contributed by atoms with Gasteiger partial charge in [0, 0.05) is 25.6 Å². The number of carbonyl (C=O) groups excluding carboxylic acids is 2. The molecule has 4 aliphatic carbocycles. The Morgan fingerprint density at radius 3 is 2.12 bits per heavy atom. The second kappa shape index (κ2) is 15.2. The zero-order valence-electron chi connectivity index (χ0n) is 25.1. The van der Waals surface area contributed by atoms with E-state index in [9.17, 15) is 9.59 Å². The number of ether oxygens (including phenoxy) is 4. The van der Waals surface area contributed by atoms with Crippen LogP contribution < -0.4 is 4.74 Å². The van der Waals surface area contributed by atoms with Gasteiger partial charge >= 0.3 is 0 Å². The number of aryl methyl sites for hydroxylation is 1. The van der Waals surface area contributed by atoms with Gasteiger partial charge in [-0.2, -0.15) is 0 Å². The zero-order valence-corrected chi connectivity index (χ0v) is 25.1. The van der Waals surface area contributed by atoms with Crippen molar-refractivity contribution in [3.8, 4) is 5.75 Å². The molecule has 1 heterocycles. The number of aromatic nitrogens is 3. The first-order valence-corrected chi connectivity index (χ1v) is 15.8. The number of Topliss-reactive ketones (excluding diaryl/α,β-unsaturated/α-hetero) is 2. The van der Waals surface area contributed by atoms with Gasteiger partial charge in [-0.3, -0.25) is 4.79 Å². The maximum atomic E-state index is 12.3. The van der Waals surface area contributed by atoms with Crippen LogP contribution in [0.4, 0.5) is 0 Å². The normalized spacial score (nSPS) is 24.3. The Balaban J connectivity index is 0.838. The second-order valence-corrected chi connectivity index (χ2v) is 12.7. The summed E-state index contributed by atoms with van der Waals surface area (Å²) in [4.78, 5) is 23.3. The fourth-order valence-electron chi connectivity index (χ4n) is 7.54. The second-order valence-electron chi connectivity index (χ2n) is 12.7. The third kappa shape index (κ3) is 8.94. The van der Waals surface area contributed by atoms with E-state index in [1.54, 1.807) is 11.6 Å². The van der Waals surface area contributed by atoms with Gasteiger partial charge in [0.25, 0.3) is 0 Å². The maximum Gasteiger partial charge on any atom is 0.170 e. The summed E-state index contributed by atoms with van der Waals surface area (Å²) in [6.07, 6.45) is 12.5. The van der Waals surface area contributed by atoms with E-state index in [1.807, 2.05) is 6.20 Å². The molecule has 42 heavy (non-hydrogen) atoms. The molecule has 9 nitrogen and oxygen atoms in total. The summed E-state index contributed by atoms with van der Waals surface area (Å²) in [5, 5.41) is 8.10. The van der Waals surface area contributed by atoms with Gasteiger partial charge in [-0.05, 0) is 99.2 Å². The molecular weight excluding hydrogens is 534 g/mol. The Morgan fingerprint density at radius 1 is 0.857 bits per heavy atom. The smallest absolute Gasteiger partial charge is 0.170 e. The Hall–Kier alpha value is -2.62. The van der Waals surface area contributed by atoms with Gasteiger partial charge in [-0.15, -0.1) is 5.10 Å². The van der Waals surface area contributed by atoms with Crippen LogP contribution >= 0.6 is 0 Å². The van der Waals surface area contributed by atoms with E-state index in [4.69, 9.17) is 18.9 Å². The van der Waals surface area contributed by atoms with Gasteiger partial charge in [0.1, 0.15) is 18.1 Å². The standard InChI is InChI=1S/C33H47N3O6/c1-25(37)4-7-30-23-36(35-34-30)10-12-40-14-16-41-15-13-39-11-2-3-31(38)24-42-32-8-5-29(6-9-32)33-20-26-17-27(21-33)19-28(18-26)22-33/h5-6,8-9,23,26-28H,2-4,7,10-22,24H2,1H3. The highest BCUT2D eigenvalue weighted by atomic mass is 16.5. The zero-order chi connectivity index (χ0) is 29.2. The summed E-state index contributed by atoms with van der Waals surface area (Å²) < 4.78 is 24.2. The van der Waals surface area contributed by atoms with Crippen LogP contribution in [-0.4, -0.2) is 72.8 Å². The van der Waals surface area contributed by atoms with Crippen molar-refractivity contribution < 1.29 is 28.5 Å². The Morgan fingerprint density at radius 2 is 1.48 bits per heavy atom. The monoisotopic (exact) mass is 581 g/mol. The minimum absolute atomic E-state index is 0.0929. The average Bonchev–Trinajstić information content (AvgIpc) is 3.43. The van der Waals surface area contributed by atoms with Crippen LogP contribution in [0.2, 0.25) is 0 Å². The molecule has 0 aliphatic heterocycles. The van der Waals surface area contributed by atoms with Gasteiger partial charge in [-0.1, -0.05) is 17.3 Å². The summed E-state index contributed by atoms with van der Waals surface area (Å²) in [6, 6.07) is 8.62. The predicted molar refractivity (Wildman–Crippen MR) is 158 cm³/mol. The number of rotatable bonds is 20. The number of ketones is 2. The summed E-state index contributed by atoms with van der Waals surface area (Å²) in [6.45, 7) is 5.29. The Bertz CT molecular complexity index is 1110. The molecule has 4 fully saturated rings. The topological polar surface area (TPSA) is 102 Å². The molecule has 0 atom stereocenters. The summed E-state index contributed by atoms with van der Waals surface area (Å²) in [5.74, 6) is 3.83. The van der Waals surface area contributed by atoms with Crippen molar-refractivity contribution in [1.29, 1.82) is 0 Å². The first kappa shape index (κ1) is 30.8. The minimum Gasteiger partial charge on any atom is -0.486 e. The molecule has 0 spiro atoms. The molecule has 1 aromatic carbocycles. The fourth-order valence-corrected chi connectivity index (χ4v) is 7.54. The van der Waals surface area contributed by atoms with Gasteiger partial charge in [0.15, 0.2) is 5.78 Å². The van der Waals surface area contributed by atoms with Crippen molar-refractivity contribution in [2.45, 2.75) is 83.1 Å². The van der Waals surface area contributed by atoms with E-state index in [0.717, 1.165) is 29.2 Å². The molecule has 4 aliphatic rings. The van der Waals surface area contributed by atoms with E-state index in [1.165, 1.54) is 44.1 Å². The molecule has 4 saturated carbocycles. The molecule has 0 radical (unpaired) electrons. The van der Waals surface area contributed by atoms with Gasteiger partial charge in [-0.25, -0.2) is 4.68 Å². The first-order chi connectivity index (χ1) is 20.5. The average molecular weight is 582 g/mol. The molecule has 230 valence electrons. The number of hydrogen-bond donors (Lipinski definition) is 0. The lowest BCUT2D eigenvalue weighted by atomic mass is 9.48. The highest BCUT2D eigenvalue weighted by molar-refractivity contribution is 5.79. The van der Waals surface area contributed by atoms with Crippen molar-refractivity contribution in [3.05, 3.63) is 41.7 Å². The third-order valence-corrected chi connectivity index (χ3v) is 9.18. The fraction of sp³-hybridized carbons (Fsp3) is 0.697. The van der Waals surface area contributed by atoms with Crippen molar-refractivity contribution >= 4 is 11.6 Å². The molecule has 2 aromatic rings. The lowest BCUT2D eigenvalue weighted by Crippen LogP contribution is -2.48. The van der Waals surface area contributed by atoms with Crippen LogP contribution in [0.3, 0.4) is 0 Å². The maximum absolute atomic E-state index is 12.3. The molecular formula is C33H47N3O6. The number of nitrogens with zero attached hydrogens (tertiary/aromatic N) is 3. The van der Waals surface area contributed by atoms with Crippen LogP contribution in [0, 0.1) is 17.8 Å². The number of carbonyl (C=O) groups is 2. The van der Waals surface area contributed by atoms with Crippen molar-refractivity contribution in [2.75, 3.05) is 46.2 Å². The van der Waals surface area contributed by atoms with Gasteiger partial charge in [0.05, 0.1) is 45.3 Å². The quantitative estimate of drug-likeness (QED) is 0.207. The van der Waals surface area contributed by atoms with Crippen LogP contribution in [0.15, 0.2) is 30.5 Å². The molecule has 4 bridgehead atoms. The van der Waals surface area contributed by atoms with Crippen LogP contribution in [0.5, 0.6) is 5.75 Å². The van der Waals surface area contributed by atoms with E-state index in [2.05, 4.69) is 34.6 Å². The van der Waals surface area contributed by atoms with Crippen LogP contribution in [0.1, 0.15) is 76.0 Å². The van der Waals surface area contributed by atoms with Crippen molar-refractivity contribution in [1.82, 2.24) is 15.0 Å². The summed E-state index contributed by atoms with van der Waals surface area (Å²) >= 11 is 0. The summed E-state index contributed by atoms with van der Waals surface area (Å²) in [5.41, 5.74) is 2.69. The van der Waals surface area contributed by atoms with Crippen molar-refractivity contribution in [3.63, 3.8) is 0 Å². The molecule has 9 heteroatoms. The molecule has 0 amide bonds. The minimum atomic E-state index is 0.0929. The third-order valence-electron chi connectivity index (χ3n) is 9.18. The van der Waals surface area contributed by atoms with Crippen molar-refractivity contribution in [2.24, 2.45) is 17.8 Å². The lowest BCUT2D eigenvalue weighted by Gasteiger charge is -2.57. The van der Waals surface area contributed by atoms with E-state index in [0.29, 0.717) is 77.3 Å². The van der Waals surface area contributed by atoms with E-state index < -0.39 is 0 Å². The van der Waals surface area contributed by atoms with Crippen LogP contribution in [-0.2, 0) is 42.2 Å². The molecule has 0 saturated heterocycles. The SMILES string of the molecule is CC(=O)CCc1cn(CCOCCOCCOCCCC(=O)COc2ccc(C34CC5CC(CC(C5)C3)C4)cc2)nn1. The van der Waals surface area contributed by atoms with Gasteiger partial charge in [0.2, 0.25) is 0 Å². The number of hydrogen-bond acceptors (Lipinski definition) is 8. The molecule has 0 N–H and O–H groups in total. The highest BCUT2D eigenvalue weighted by Gasteiger charge is 2.51. The van der Waals surface area contributed by atoms with Gasteiger partial charge < -0.3 is 23.7 Å².